The zero-order valence-corrected chi connectivity index (χ0v) is 10.5. The molecule has 0 saturated heterocycles. The molecule has 1 unspecified atom stereocenters. The molecule has 82 valence electrons. The molecular formula is C11H20BrNO. The summed E-state index contributed by atoms with van der Waals surface area (Å²) < 4.78 is 0. The van der Waals surface area contributed by atoms with Gasteiger partial charge in [-0.2, -0.15) is 0 Å². The highest BCUT2D eigenvalue weighted by Gasteiger charge is 2.16. The molecule has 0 aliphatic heterocycles. The molecule has 0 spiro atoms. The molecule has 1 atom stereocenters. The summed E-state index contributed by atoms with van der Waals surface area (Å²) in [6.45, 7) is 2.02. The molecule has 1 amide bonds. The number of alkyl halides is 1. The Morgan fingerprint density at radius 2 is 2.14 bits per heavy atom. The van der Waals surface area contributed by atoms with Crippen LogP contribution in [-0.2, 0) is 4.79 Å². The zero-order valence-electron chi connectivity index (χ0n) is 8.89. The fourth-order valence-electron chi connectivity index (χ4n) is 2.02. The SMILES string of the molecule is CC(CBr)NC(=O)CCC1CCCC1. The van der Waals surface area contributed by atoms with Gasteiger partial charge in [-0.05, 0) is 19.3 Å². The molecule has 2 nitrogen and oxygen atoms in total. The van der Waals surface area contributed by atoms with E-state index in [1.54, 1.807) is 0 Å². The predicted molar refractivity (Wildman–Crippen MR) is 62.6 cm³/mol. The highest BCUT2D eigenvalue weighted by atomic mass is 79.9. The van der Waals surface area contributed by atoms with Gasteiger partial charge in [-0.15, -0.1) is 0 Å². The Hall–Kier alpha value is -0.0500. The average Bonchev–Trinajstić information content (AvgIpc) is 2.67. The number of rotatable bonds is 5. The van der Waals surface area contributed by atoms with Crippen LogP contribution in [0.4, 0.5) is 0 Å². The van der Waals surface area contributed by atoms with E-state index in [0.717, 1.165) is 17.7 Å². The van der Waals surface area contributed by atoms with Gasteiger partial charge in [0.25, 0.3) is 0 Å². The van der Waals surface area contributed by atoms with E-state index < -0.39 is 0 Å². The maximum atomic E-state index is 11.4. The Balaban J connectivity index is 2.08. The summed E-state index contributed by atoms with van der Waals surface area (Å²) in [6, 6.07) is 0.256. The highest BCUT2D eigenvalue weighted by molar-refractivity contribution is 9.09. The third-order valence-corrected chi connectivity index (χ3v) is 3.86. The van der Waals surface area contributed by atoms with Crippen LogP contribution in [0.5, 0.6) is 0 Å². The second-order valence-electron chi connectivity index (χ2n) is 4.31. The van der Waals surface area contributed by atoms with Crippen LogP contribution in [0.3, 0.4) is 0 Å². The monoisotopic (exact) mass is 261 g/mol. The fourth-order valence-corrected chi connectivity index (χ4v) is 2.18. The van der Waals surface area contributed by atoms with Crippen LogP contribution in [0.25, 0.3) is 0 Å². The molecule has 0 radical (unpaired) electrons. The Morgan fingerprint density at radius 3 is 2.71 bits per heavy atom. The molecular weight excluding hydrogens is 242 g/mol. The van der Waals surface area contributed by atoms with Crippen LogP contribution in [0.1, 0.15) is 45.4 Å². The van der Waals surface area contributed by atoms with Gasteiger partial charge in [-0.25, -0.2) is 0 Å². The van der Waals surface area contributed by atoms with Crippen molar-refractivity contribution in [2.75, 3.05) is 5.33 Å². The number of amides is 1. The Bertz CT molecular complexity index is 178. The topological polar surface area (TPSA) is 29.1 Å². The number of carbonyl (C=O) groups is 1. The van der Waals surface area contributed by atoms with Crippen molar-refractivity contribution >= 4 is 21.8 Å². The van der Waals surface area contributed by atoms with Gasteiger partial charge in [0.15, 0.2) is 0 Å². The molecule has 0 bridgehead atoms. The van der Waals surface area contributed by atoms with Crippen LogP contribution in [0.15, 0.2) is 0 Å². The van der Waals surface area contributed by atoms with Gasteiger partial charge in [-0.1, -0.05) is 41.6 Å². The predicted octanol–water partition coefficient (Wildman–Crippen LogP) is 2.86. The molecule has 3 heteroatoms. The van der Waals surface area contributed by atoms with Crippen LogP contribution in [0.2, 0.25) is 0 Å². The summed E-state index contributed by atoms with van der Waals surface area (Å²) in [4.78, 5) is 11.4. The van der Waals surface area contributed by atoms with Gasteiger partial charge in [0.1, 0.15) is 0 Å². The number of nitrogens with one attached hydrogen (secondary N) is 1. The van der Waals surface area contributed by atoms with E-state index in [4.69, 9.17) is 0 Å². The molecule has 1 N–H and O–H groups in total. The molecule has 14 heavy (non-hydrogen) atoms. The minimum absolute atomic E-state index is 0.212. The van der Waals surface area contributed by atoms with Gasteiger partial charge < -0.3 is 5.32 Å². The molecule has 1 fully saturated rings. The van der Waals surface area contributed by atoms with E-state index in [-0.39, 0.29) is 11.9 Å². The summed E-state index contributed by atoms with van der Waals surface area (Å²) in [5.41, 5.74) is 0. The lowest BCUT2D eigenvalue weighted by atomic mass is 10.0. The quantitative estimate of drug-likeness (QED) is 0.758. The Kier molecular flexibility index (Phi) is 5.53. The van der Waals surface area contributed by atoms with Crippen molar-refractivity contribution in [3.05, 3.63) is 0 Å². The zero-order chi connectivity index (χ0) is 10.4. The summed E-state index contributed by atoms with van der Waals surface area (Å²) in [5.74, 6) is 1.03. The minimum atomic E-state index is 0.212. The summed E-state index contributed by atoms with van der Waals surface area (Å²) in [5, 5.41) is 3.80. The number of carbonyl (C=O) groups excluding carboxylic acids is 1. The van der Waals surface area contributed by atoms with E-state index in [0.29, 0.717) is 6.42 Å². The molecule has 0 heterocycles. The third-order valence-electron chi connectivity index (χ3n) is 2.89. The second kappa shape index (κ2) is 6.44. The number of hydrogen-bond acceptors (Lipinski definition) is 1. The third kappa shape index (κ3) is 4.45. The number of halogens is 1. The summed E-state index contributed by atoms with van der Waals surface area (Å²) in [6.07, 6.45) is 7.19. The first-order chi connectivity index (χ1) is 6.72. The molecule has 0 aromatic heterocycles. The molecule has 1 aliphatic carbocycles. The van der Waals surface area contributed by atoms with Crippen LogP contribution in [-0.4, -0.2) is 17.3 Å². The standard InChI is InChI=1S/C11H20BrNO/c1-9(8-12)13-11(14)7-6-10-4-2-3-5-10/h9-10H,2-8H2,1H3,(H,13,14). The van der Waals surface area contributed by atoms with Crippen molar-refractivity contribution in [2.24, 2.45) is 5.92 Å². The van der Waals surface area contributed by atoms with E-state index in [1.807, 2.05) is 6.92 Å². The Labute approximate surface area is 95.0 Å². The van der Waals surface area contributed by atoms with Gasteiger partial charge >= 0.3 is 0 Å². The van der Waals surface area contributed by atoms with E-state index >= 15 is 0 Å². The van der Waals surface area contributed by atoms with E-state index in [9.17, 15) is 4.79 Å². The van der Waals surface area contributed by atoms with Crippen molar-refractivity contribution in [3.63, 3.8) is 0 Å². The van der Waals surface area contributed by atoms with Gasteiger partial charge in [0, 0.05) is 17.8 Å². The lowest BCUT2D eigenvalue weighted by Gasteiger charge is -2.12. The van der Waals surface area contributed by atoms with Crippen molar-refractivity contribution in [2.45, 2.75) is 51.5 Å². The number of hydrogen-bond donors (Lipinski definition) is 1. The van der Waals surface area contributed by atoms with Crippen LogP contribution < -0.4 is 5.32 Å². The molecule has 0 aromatic rings. The van der Waals surface area contributed by atoms with Crippen molar-refractivity contribution in [1.82, 2.24) is 5.32 Å². The van der Waals surface area contributed by atoms with Crippen molar-refractivity contribution in [1.29, 1.82) is 0 Å². The summed E-state index contributed by atoms with van der Waals surface area (Å²) in [7, 11) is 0. The Morgan fingerprint density at radius 1 is 1.50 bits per heavy atom. The lowest BCUT2D eigenvalue weighted by Crippen LogP contribution is -2.33. The first-order valence-electron chi connectivity index (χ1n) is 5.57. The maximum absolute atomic E-state index is 11.4. The van der Waals surface area contributed by atoms with Crippen molar-refractivity contribution < 1.29 is 4.79 Å². The second-order valence-corrected chi connectivity index (χ2v) is 4.96. The van der Waals surface area contributed by atoms with Crippen molar-refractivity contribution in [3.8, 4) is 0 Å². The minimum Gasteiger partial charge on any atom is -0.353 e. The lowest BCUT2D eigenvalue weighted by molar-refractivity contribution is -0.121. The van der Waals surface area contributed by atoms with Crippen LogP contribution >= 0.6 is 15.9 Å². The maximum Gasteiger partial charge on any atom is 0.220 e. The smallest absolute Gasteiger partial charge is 0.220 e. The van der Waals surface area contributed by atoms with E-state index in [1.165, 1.54) is 25.7 Å². The normalized spacial score (nSPS) is 19.6. The average molecular weight is 262 g/mol. The van der Waals surface area contributed by atoms with E-state index in [2.05, 4.69) is 21.2 Å². The first kappa shape index (κ1) is 12.0. The summed E-state index contributed by atoms with van der Waals surface area (Å²) >= 11 is 3.35. The largest absolute Gasteiger partial charge is 0.353 e. The fraction of sp³-hybridized carbons (Fsp3) is 0.909. The van der Waals surface area contributed by atoms with Gasteiger partial charge in [0.2, 0.25) is 5.91 Å². The van der Waals surface area contributed by atoms with Gasteiger partial charge in [0.05, 0.1) is 0 Å². The molecule has 1 aliphatic rings. The first-order valence-corrected chi connectivity index (χ1v) is 6.70. The molecule has 1 saturated carbocycles. The van der Waals surface area contributed by atoms with Gasteiger partial charge in [-0.3, -0.25) is 4.79 Å². The molecule has 1 rings (SSSR count). The van der Waals surface area contributed by atoms with Crippen LogP contribution in [0, 0.1) is 5.92 Å². The molecule has 0 aromatic carbocycles. The highest BCUT2D eigenvalue weighted by Crippen LogP contribution is 2.28.